The van der Waals surface area contributed by atoms with Gasteiger partial charge in [-0.05, 0) is 55.7 Å². The summed E-state index contributed by atoms with van der Waals surface area (Å²) in [6, 6.07) is 11.7. The Kier molecular flexibility index (Phi) is 4.53. The van der Waals surface area contributed by atoms with Crippen molar-refractivity contribution in [3.8, 4) is 22.8 Å². The van der Waals surface area contributed by atoms with E-state index in [0.29, 0.717) is 18.4 Å². The lowest BCUT2D eigenvalue weighted by Gasteiger charge is -2.02. The number of H-pyrrole nitrogens is 2. The molecule has 0 unspecified atom stereocenters. The van der Waals surface area contributed by atoms with Crippen LogP contribution < -0.4 is 5.32 Å². The van der Waals surface area contributed by atoms with Crippen molar-refractivity contribution >= 4 is 16.8 Å². The summed E-state index contributed by atoms with van der Waals surface area (Å²) in [5.41, 5.74) is 5.20. The second kappa shape index (κ2) is 7.70. The number of pyridine rings is 1. The van der Waals surface area contributed by atoms with Crippen molar-refractivity contribution in [3.63, 3.8) is 0 Å². The van der Waals surface area contributed by atoms with E-state index in [1.807, 2.05) is 43.3 Å². The maximum absolute atomic E-state index is 12.6. The molecule has 1 amide bonds. The van der Waals surface area contributed by atoms with Crippen molar-refractivity contribution in [1.29, 1.82) is 0 Å². The number of benzene rings is 1. The molecule has 0 aliphatic heterocycles. The molecule has 0 radical (unpaired) electrons. The van der Waals surface area contributed by atoms with Crippen LogP contribution >= 0.6 is 0 Å². The zero-order valence-electron chi connectivity index (χ0n) is 17.9. The van der Waals surface area contributed by atoms with Gasteiger partial charge in [-0.2, -0.15) is 4.98 Å². The average molecular weight is 439 g/mol. The Morgan fingerprint density at radius 1 is 1.12 bits per heavy atom. The smallest absolute Gasteiger partial charge is 0.287 e. The summed E-state index contributed by atoms with van der Waals surface area (Å²) in [5, 5.41) is 7.98. The van der Waals surface area contributed by atoms with Gasteiger partial charge in [0.15, 0.2) is 11.6 Å². The third-order valence-corrected chi connectivity index (χ3v) is 5.81. The summed E-state index contributed by atoms with van der Waals surface area (Å²) in [5.74, 6) is 1.75. The van der Waals surface area contributed by atoms with Gasteiger partial charge in [0.2, 0.25) is 0 Å². The second-order valence-electron chi connectivity index (χ2n) is 8.31. The van der Waals surface area contributed by atoms with Crippen molar-refractivity contribution < 1.29 is 9.32 Å². The van der Waals surface area contributed by atoms with E-state index in [1.54, 1.807) is 12.4 Å². The molecule has 4 heterocycles. The van der Waals surface area contributed by atoms with Gasteiger partial charge in [-0.1, -0.05) is 11.2 Å². The molecule has 3 N–H and O–H groups in total. The normalized spacial score (nSPS) is 13.5. The number of nitrogens with one attached hydrogen (secondary N) is 3. The number of hydrogen-bond donors (Lipinski definition) is 3. The van der Waals surface area contributed by atoms with Gasteiger partial charge in [-0.15, -0.1) is 0 Å². The molecule has 9 heteroatoms. The number of amides is 1. The van der Waals surface area contributed by atoms with Gasteiger partial charge in [0.05, 0.1) is 5.69 Å². The van der Waals surface area contributed by atoms with Crippen LogP contribution in [0.15, 0.2) is 53.3 Å². The molecular weight excluding hydrogens is 418 g/mol. The maximum Gasteiger partial charge on any atom is 0.287 e. The van der Waals surface area contributed by atoms with Crippen molar-refractivity contribution in [2.24, 2.45) is 0 Å². The van der Waals surface area contributed by atoms with Gasteiger partial charge in [0.25, 0.3) is 11.8 Å². The van der Waals surface area contributed by atoms with Crippen LogP contribution in [0.5, 0.6) is 0 Å². The van der Waals surface area contributed by atoms with Crippen molar-refractivity contribution in [3.05, 3.63) is 71.7 Å². The molecule has 0 spiro atoms. The van der Waals surface area contributed by atoms with E-state index >= 15 is 0 Å². The molecule has 0 atom stereocenters. The number of aryl methyl sites for hydroxylation is 1. The van der Waals surface area contributed by atoms with E-state index in [2.05, 4.69) is 35.4 Å². The number of carbonyl (C=O) groups is 1. The van der Waals surface area contributed by atoms with Crippen LogP contribution in [0, 0.1) is 6.92 Å². The van der Waals surface area contributed by atoms with Gasteiger partial charge in [0.1, 0.15) is 5.69 Å². The number of aromatic nitrogens is 6. The first-order valence-corrected chi connectivity index (χ1v) is 10.8. The van der Waals surface area contributed by atoms with Gasteiger partial charge >= 0.3 is 0 Å². The van der Waals surface area contributed by atoms with E-state index in [-0.39, 0.29) is 11.7 Å². The summed E-state index contributed by atoms with van der Waals surface area (Å²) < 4.78 is 5.44. The van der Waals surface area contributed by atoms with Crippen molar-refractivity contribution in [2.45, 2.75) is 32.2 Å². The monoisotopic (exact) mass is 439 g/mol. The van der Waals surface area contributed by atoms with Crippen LogP contribution in [0.2, 0.25) is 0 Å². The third-order valence-electron chi connectivity index (χ3n) is 5.81. The van der Waals surface area contributed by atoms with Crippen LogP contribution in [0.25, 0.3) is 33.7 Å². The molecule has 6 rings (SSSR count). The molecule has 1 aliphatic rings. The Bertz CT molecular complexity index is 1460. The molecule has 0 bridgehead atoms. The topological polar surface area (TPSA) is 125 Å². The van der Waals surface area contributed by atoms with Gasteiger partial charge in [-0.25, -0.2) is 4.98 Å². The molecule has 1 saturated carbocycles. The Balaban J connectivity index is 1.24. The van der Waals surface area contributed by atoms with E-state index in [9.17, 15) is 4.79 Å². The molecular formula is C24H21N7O2. The van der Waals surface area contributed by atoms with Crippen molar-refractivity contribution in [1.82, 2.24) is 35.4 Å². The minimum absolute atomic E-state index is 0.256. The highest BCUT2D eigenvalue weighted by Crippen LogP contribution is 2.39. The quantitative estimate of drug-likeness (QED) is 0.365. The van der Waals surface area contributed by atoms with Crippen LogP contribution in [-0.2, 0) is 6.54 Å². The van der Waals surface area contributed by atoms with Gasteiger partial charge < -0.3 is 19.8 Å². The predicted molar refractivity (Wildman–Crippen MR) is 121 cm³/mol. The number of nitrogens with zero attached hydrogens (tertiary/aromatic N) is 4. The van der Waals surface area contributed by atoms with Crippen molar-refractivity contribution in [2.75, 3.05) is 0 Å². The fourth-order valence-corrected chi connectivity index (χ4v) is 3.86. The Morgan fingerprint density at radius 3 is 2.79 bits per heavy atom. The fraction of sp³-hybridized carbons (Fsp3) is 0.208. The zero-order chi connectivity index (χ0) is 22.4. The van der Waals surface area contributed by atoms with Crippen LogP contribution in [0.1, 0.15) is 46.5 Å². The largest absolute Gasteiger partial charge is 0.351 e. The van der Waals surface area contributed by atoms with Crippen LogP contribution in [-0.4, -0.2) is 36.0 Å². The highest BCUT2D eigenvalue weighted by Gasteiger charge is 2.29. The third kappa shape index (κ3) is 3.78. The number of hydrogen-bond acceptors (Lipinski definition) is 6. The average Bonchev–Trinajstić information content (AvgIpc) is 3.23. The summed E-state index contributed by atoms with van der Waals surface area (Å²) in [6.07, 6.45) is 5.65. The minimum Gasteiger partial charge on any atom is -0.351 e. The molecule has 4 aromatic heterocycles. The molecule has 9 nitrogen and oxygen atoms in total. The first-order valence-electron chi connectivity index (χ1n) is 10.8. The summed E-state index contributed by atoms with van der Waals surface area (Å²) in [4.78, 5) is 32.1. The molecule has 1 aliphatic carbocycles. The number of rotatable bonds is 6. The molecule has 164 valence electrons. The molecule has 0 saturated heterocycles. The molecule has 1 aromatic carbocycles. The van der Waals surface area contributed by atoms with Gasteiger partial charge in [0, 0.05) is 47.0 Å². The second-order valence-corrected chi connectivity index (χ2v) is 8.31. The highest BCUT2D eigenvalue weighted by atomic mass is 16.5. The predicted octanol–water partition coefficient (Wildman–Crippen LogP) is 4.12. The SMILES string of the molecule is Cc1[nH]c(C(=O)NCc2ccncc2)nc1-c1ccc2[nH]c(-c3nc(C4CC4)no3)cc2c1. The Hall–Kier alpha value is -4.27. The molecule has 33 heavy (non-hydrogen) atoms. The number of aromatic amines is 2. The van der Waals surface area contributed by atoms with E-state index in [1.165, 1.54) is 0 Å². The number of fused-ring (bicyclic) bond motifs is 1. The molecule has 1 fully saturated rings. The van der Waals surface area contributed by atoms with Crippen LogP contribution in [0.4, 0.5) is 0 Å². The summed E-state index contributed by atoms with van der Waals surface area (Å²) >= 11 is 0. The summed E-state index contributed by atoms with van der Waals surface area (Å²) in [6.45, 7) is 2.32. The lowest BCUT2D eigenvalue weighted by molar-refractivity contribution is 0.0941. The number of carbonyl (C=O) groups excluding carboxylic acids is 1. The lowest BCUT2D eigenvalue weighted by Crippen LogP contribution is -2.24. The van der Waals surface area contributed by atoms with Crippen LogP contribution in [0.3, 0.4) is 0 Å². The van der Waals surface area contributed by atoms with E-state index < -0.39 is 0 Å². The van der Waals surface area contributed by atoms with E-state index in [4.69, 9.17) is 4.52 Å². The molecule has 5 aromatic rings. The Morgan fingerprint density at radius 2 is 1.97 bits per heavy atom. The minimum atomic E-state index is -0.256. The number of imidazole rings is 1. The fourth-order valence-electron chi connectivity index (χ4n) is 3.86. The highest BCUT2D eigenvalue weighted by molar-refractivity contribution is 5.92. The van der Waals surface area contributed by atoms with E-state index in [0.717, 1.165) is 57.8 Å². The maximum atomic E-state index is 12.6. The Labute approximate surface area is 188 Å². The summed E-state index contributed by atoms with van der Waals surface area (Å²) in [7, 11) is 0. The standard InChI is InChI=1S/C24H21N7O2/c1-13-20(29-22(27-13)23(32)26-12-14-6-8-25-9-7-14)16-4-5-18-17(10-16)11-19(28-18)24-30-21(31-33-24)15-2-3-15/h4-11,15,28H,2-3,12H2,1H3,(H,26,32)(H,27,29). The first-order chi connectivity index (χ1) is 16.1. The first kappa shape index (κ1) is 19.4. The van der Waals surface area contributed by atoms with Gasteiger partial charge in [-0.3, -0.25) is 9.78 Å². The lowest BCUT2D eigenvalue weighted by atomic mass is 10.1. The zero-order valence-corrected chi connectivity index (χ0v) is 17.9.